The lowest BCUT2D eigenvalue weighted by Gasteiger charge is -1.79. The molecule has 7 heavy (non-hydrogen) atoms. The summed E-state index contributed by atoms with van der Waals surface area (Å²) >= 11 is 0. The van der Waals surface area contributed by atoms with Crippen LogP contribution in [-0.2, 0) is 0 Å². The van der Waals surface area contributed by atoms with E-state index in [0.29, 0.717) is 5.84 Å². The Morgan fingerprint density at radius 1 is 2.00 bits per heavy atom. The van der Waals surface area contributed by atoms with Crippen LogP contribution in [-0.4, -0.2) is 17.3 Å². The fraction of sp³-hybridized carbons (Fsp3) is 0.333. The van der Waals surface area contributed by atoms with Gasteiger partial charge in [0, 0.05) is 6.92 Å². The first-order valence-corrected chi connectivity index (χ1v) is 1.92. The van der Waals surface area contributed by atoms with E-state index < -0.39 is 0 Å². The average molecular weight is 98.1 g/mol. The van der Waals surface area contributed by atoms with Crippen LogP contribution >= 0.6 is 0 Å². The Hall–Kier alpha value is -0.900. The van der Waals surface area contributed by atoms with Gasteiger partial charge in [0.25, 0.3) is 6.34 Å². The van der Waals surface area contributed by atoms with E-state index in [1.807, 2.05) is 0 Å². The number of hydrazine groups is 1. The Labute approximate surface area is 41.3 Å². The van der Waals surface area contributed by atoms with Crippen molar-refractivity contribution in [2.75, 3.05) is 0 Å². The topological polar surface area (TPSA) is 55.7 Å². The molecular formula is C3H6N4+. The standard InChI is InChI=1S/C3H6N4/c1-3-5-2-7(4)6-3/h2H,4H2,1H3/q+1. The summed E-state index contributed by atoms with van der Waals surface area (Å²) in [5, 5.41) is 4.87. The molecular weight excluding hydrogens is 92.1 g/mol. The lowest BCUT2D eigenvalue weighted by Crippen LogP contribution is -2.20. The van der Waals surface area contributed by atoms with Crippen LogP contribution in [0.4, 0.5) is 0 Å². The van der Waals surface area contributed by atoms with E-state index in [0.717, 1.165) is 0 Å². The maximum Gasteiger partial charge on any atom is 0.310 e. The smallest absolute Gasteiger partial charge is 0.161 e. The molecule has 0 saturated heterocycles. The second-order valence-corrected chi connectivity index (χ2v) is 1.27. The second-order valence-electron chi connectivity index (χ2n) is 1.27. The summed E-state index contributed by atoms with van der Waals surface area (Å²) in [6.07, 6.45) is 1.45. The van der Waals surface area contributed by atoms with Gasteiger partial charge in [-0.1, -0.05) is 4.99 Å². The van der Waals surface area contributed by atoms with Gasteiger partial charge < -0.3 is 0 Å². The SMILES string of the molecule is CC1=NN(N)C=[N+]1. The molecule has 0 aromatic rings. The highest BCUT2D eigenvalue weighted by molar-refractivity contribution is 5.87. The second kappa shape index (κ2) is 1.31. The Kier molecular flexibility index (Phi) is 0.796. The molecule has 2 N–H and O–H groups in total. The van der Waals surface area contributed by atoms with E-state index in [-0.39, 0.29) is 0 Å². The van der Waals surface area contributed by atoms with Crippen LogP contribution in [0.3, 0.4) is 0 Å². The first kappa shape index (κ1) is 4.26. The Balaban J connectivity index is 2.69. The van der Waals surface area contributed by atoms with Gasteiger partial charge in [-0.25, -0.2) is 0 Å². The van der Waals surface area contributed by atoms with Crippen LogP contribution in [0.1, 0.15) is 6.92 Å². The monoisotopic (exact) mass is 98.1 g/mol. The van der Waals surface area contributed by atoms with E-state index in [9.17, 15) is 0 Å². The van der Waals surface area contributed by atoms with E-state index in [1.54, 1.807) is 6.92 Å². The fourth-order valence-electron chi connectivity index (χ4n) is 0.361. The third kappa shape index (κ3) is 0.747. The maximum atomic E-state index is 5.12. The van der Waals surface area contributed by atoms with Crippen LogP contribution in [0, 0.1) is 0 Å². The molecule has 0 aromatic heterocycles. The lowest BCUT2D eigenvalue weighted by atomic mass is 10.7. The zero-order valence-corrected chi connectivity index (χ0v) is 4.00. The van der Waals surface area contributed by atoms with Crippen molar-refractivity contribution in [1.82, 2.24) is 10.1 Å². The van der Waals surface area contributed by atoms with Gasteiger partial charge in [0.15, 0.2) is 0 Å². The number of hydrazone groups is 1. The van der Waals surface area contributed by atoms with Gasteiger partial charge in [-0.3, -0.25) is 0 Å². The summed E-state index contributed by atoms with van der Waals surface area (Å²) < 4.78 is 0. The fourth-order valence-corrected chi connectivity index (χ4v) is 0.361. The predicted octanol–water partition coefficient (Wildman–Crippen LogP) is -1.13. The first-order chi connectivity index (χ1) is 3.29. The molecule has 4 nitrogen and oxygen atoms in total. The molecule has 1 aliphatic heterocycles. The highest BCUT2D eigenvalue weighted by Crippen LogP contribution is 1.79. The molecule has 1 aliphatic rings. The van der Waals surface area contributed by atoms with Gasteiger partial charge in [0.2, 0.25) is 0 Å². The van der Waals surface area contributed by atoms with Crippen molar-refractivity contribution in [1.29, 1.82) is 0 Å². The molecule has 0 bridgehead atoms. The van der Waals surface area contributed by atoms with E-state index >= 15 is 0 Å². The normalized spacial score (nSPS) is 18.0. The molecule has 0 unspecified atom stereocenters. The number of hydrogen-bond donors (Lipinski definition) is 1. The lowest BCUT2D eigenvalue weighted by molar-refractivity contribution is 0.496. The van der Waals surface area contributed by atoms with Crippen molar-refractivity contribution < 1.29 is 0 Å². The zero-order valence-electron chi connectivity index (χ0n) is 4.00. The molecule has 1 rings (SSSR count). The van der Waals surface area contributed by atoms with Gasteiger partial charge in [-0.05, 0) is 5.12 Å². The molecule has 1 heterocycles. The van der Waals surface area contributed by atoms with Crippen LogP contribution in [0.25, 0.3) is 0 Å². The van der Waals surface area contributed by atoms with Crippen LogP contribution in [0.5, 0.6) is 0 Å². The number of nitrogens with zero attached hydrogens (tertiary/aromatic N) is 3. The van der Waals surface area contributed by atoms with Gasteiger partial charge in [0.1, 0.15) is 0 Å². The van der Waals surface area contributed by atoms with Crippen LogP contribution < -0.4 is 10.8 Å². The maximum absolute atomic E-state index is 5.12. The number of hydrogen-bond acceptors (Lipinski definition) is 4. The van der Waals surface area contributed by atoms with Crippen molar-refractivity contribution in [3.63, 3.8) is 0 Å². The number of nitrogens with two attached hydrogens (primary N) is 1. The molecule has 0 amide bonds. The first-order valence-electron chi connectivity index (χ1n) is 1.92. The van der Waals surface area contributed by atoms with E-state index in [2.05, 4.69) is 10.1 Å². The highest BCUT2D eigenvalue weighted by Gasteiger charge is 2.10. The Morgan fingerprint density at radius 2 is 2.71 bits per heavy atom. The zero-order chi connectivity index (χ0) is 5.28. The summed E-state index contributed by atoms with van der Waals surface area (Å²) in [4.78, 5) is 3.74. The van der Waals surface area contributed by atoms with Gasteiger partial charge >= 0.3 is 5.84 Å². The minimum absolute atomic E-state index is 0.697. The molecule has 0 spiro atoms. The van der Waals surface area contributed by atoms with Crippen molar-refractivity contribution in [3.8, 4) is 0 Å². The Bertz CT molecular complexity index is 125. The molecule has 0 aromatic carbocycles. The van der Waals surface area contributed by atoms with E-state index in [4.69, 9.17) is 5.84 Å². The summed E-state index contributed by atoms with van der Waals surface area (Å²) in [6, 6.07) is 0. The third-order valence-electron chi connectivity index (χ3n) is 0.623. The quantitative estimate of drug-likeness (QED) is 0.390. The average Bonchev–Trinajstić information content (AvgIpc) is 1.87. The summed E-state index contributed by atoms with van der Waals surface area (Å²) in [7, 11) is 0. The van der Waals surface area contributed by atoms with Crippen LogP contribution in [0.15, 0.2) is 5.10 Å². The summed E-state index contributed by atoms with van der Waals surface area (Å²) in [5.41, 5.74) is 0. The number of rotatable bonds is 0. The molecule has 0 fully saturated rings. The molecule has 4 heteroatoms. The molecule has 0 atom stereocenters. The number of amidine groups is 1. The van der Waals surface area contributed by atoms with Crippen molar-refractivity contribution >= 4 is 12.2 Å². The highest BCUT2D eigenvalue weighted by atomic mass is 15.7. The largest absolute Gasteiger partial charge is 0.310 e. The van der Waals surface area contributed by atoms with Crippen molar-refractivity contribution in [2.24, 2.45) is 10.9 Å². The minimum Gasteiger partial charge on any atom is -0.161 e. The molecule has 1 radical (unpaired) electrons. The van der Waals surface area contributed by atoms with Gasteiger partial charge in [-0.15, -0.1) is 0 Å². The minimum atomic E-state index is 0.697. The van der Waals surface area contributed by atoms with Crippen molar-refractivity contribution in [3.05, 3.63) is 0 Å². The van der Waals surface area contributed by atoms with Crippen LogP contribution in [0.2, 0.25) is 0 Å². The van der Waals surface area contributed by atoms with Gasteiger partial charge in [-0.2, -0.15) is 5.84 Å². The number of aliphatic imine (C=N–C) groups is 1. The third-order valence-corrected chi connectivity index (χ3v) is 0.623. The molecule has 0 aliphatic carbocycles. The summed E-state index contributed by atoms with van der Waals surface area (Å²) in [6.45, 7) is 1.78. The Morgan fingerprint density at radius 3 is 2.86 bits per heavy atom. The predicted molar refractivity (Wildman–Crippen MR) is 27.3 cm³/mol. The molecule has 0 saturated carbocycles. The molecule has 37 valence electrons. The van der Waals surface area contributed by atoms with Crippen molar-refractivity contribution in [2.45, 2.75) is 6.92 Å². The van der Waals surface area contributed by atoms with E-state index in [1.165, 1.54) is 11.5 Å². The van der Waals surface area contributed by atoms with Gasteiger partial charge in [0.05, 0.1) is 5.10 Å². The summed E-state index contributed by atoms with van der Waals surface area (Å²) in [5.74, 6) is 5.82.